The van der Waals surface area contributed by atoms with Crippen LogP contribution in [0.3, 0.4) is 0 Å². The van der Waals surface area contributed by atoms with E-state index in [0.717, 1.165) is 0 Å². The Kier molecular flexibility index (Phi) is 3.64. The van der Waals surface area contributed by atoms with Crippen molar-refractivity contribution in [3.05, 3.63) is 31.3 Å². The van der Waals surface area contributed by atoms with Gasteiger partial charge in [0, 0.05) is 14.7 Å². The molecule has 0 radical (unpaired) electrons. The van der Waals surface area contributed by atoms with E-state index in [-0.39, 0.29) is 5.95 Å². The van der Waals surface area contributed by atoms with Crippen molar-refractivity contribution in [3.63, 3.8) is 0 Å². The van der Waals surface area contributed by atoms with E-state index in [2.05, 4.69) is 50.7 Å². The zero-order valence-electron chi connectivity index (χ0n) is 7.26. The van der Waals surface area contributed by atoms with Gasteiger partial charge in [0.1, 0.15) is 0 Å². The van der Waals surface area contributed by atoms with Gasteiger partial charge in [-0.2, -0.15) is 0 Å². The molecule has 14 nitrogen and oxygen atoms in total. The van der Waals surface area contributed by atoms with Gasteiger partial charge in [0.15, 0.2) is 0 Å². The summed E-state index contributed by atoms with van der Waals surface area (Å²) in [4.78, 5) is 7.77. The third kappa shape index (κ3) is 2.58. The molecule has 0 unspecified atom stereocenters. The van der Waals surface area contributed by atoms with Crippen molar-refractivity contribution >= 4 is 11.9 Å². The Hall–Kier alpha value is -3.33. The van der Waals surface area contributed by atoms with Crippen molar-refractivity contribution in [2.24, 2.45) is 20.4 Å². The maximum Gasteiger partial charge on any atom is 0.263 e. The van der Waals surface area contributed by atoms with Gasteiger partial charge in [0.25, 0.3) is 5.95 Å². The van der Waals surface area contributed by atoms with Gasteiger partial charge in [0.2, 0.25) is 5.96 Å². The van der Waals surface area contributed by atoms with E-state index in [9.17, 15) is 0 Å². The maximum atomic E-state index is 8.14. The number of aromatic nitrogens is 4. The molecular weight excluding hydrogens is 220 g/mol. The molecule has 1 heterocycles. The van der Waals surface area contributed by atoms with Gasteiger partial charge in [-0.3, -0.25) is 0 Å². The summed E-state index contributed by atoms with van der Waals surface area (Å²) in [5, 5.41) is 22.1. The smallest absolute Gasteiger partial charge is 0.143 e. The summed E-state index contributed by atoms with van der Waals surface area (Å²) in [6.45, 7) is 0. The molecule has 0 saturated carbocycles. The highest BCUT2D eigenvalue weighted by Crippen LogP contribution is 2.04. The van der Waals surface area contributed by atoms with Crippen LogP contribution in [0.25, 0.3) is 31.3 Å². The molecule has 0 atom stereocenters. The summed E-state index contributed by atoms with van der Waals surface area (Å²) in [7, 11) is 0. The van der Waals surface area contributed by atoms with E-state index in [1.807, 2.05) is 0 Å². The Morgan fingerprint density at radius 2 is 1.81 bits per heavy atom. The quantitative estimate of drug-likeness (QED) is 0.238. The van der Waals surface area contributed by atoms with Crippen LogP contribution in [0, 0.1) is 0 Å². The molecule has 0 fully saturated rings. The second kappa shape index (κ2) is 5.41. The van der Waals surface area contributed by atoms with Crippen LogP contribution < -0.4 is 0 Å². The third-order valence-corrected chi connectivity index (χ3v) is 1.02. The van der Waals surface area contributed by atoms with Crippen molar-refractivity contribution in [2.75, 3.05) is 0 Å². The van der Waals surface area contributed by atoms with E-state index in [1.54, 1.807) is 0 Å². The molecule has 0 aliphatic heterocycles. The second-order valence-electron chi connectivity index (χ2n) is 1.84. The van der Waals surface area contributed by atoms with Crippen LogP contribution in [0.5, 0.6) is 0 Å². The largest absolute Gasteiger partial charge is 0.263 e. The first-order valence-electron chi connectivity index (χ1n) is 3.34. The third-order valence-electron chi connectivity index (χ3n) is 1.02. The van der Waals surface area contributed by atoms with Gasteiger partial charge in [-0.15, -0.1) is 15.0 Å². The minimum absolute atomic E-state index is 0.304. The number of rotatable bonds is 2. The molecule has 0 saturated heterocycles. The van der Waals surface area contributed by atoms with Crippen LogP contribution in [0.4, 0.5) is 5.95 Å². The van der Waals surface area contributed by atoms with Crippen molar-refractivity contribution in [1.29, 1.82) is 0 Å². The number of nitrogens with zero attached hydrogens (tertiary/aromatic N) is 14. The predicted molar refractivity (Wildman–Crippen MR) is 47.7 cm³/mol. The molecule has 0 N–H and O–H groups in total. The lowest BCUT2D eigenvalue weighted by atomic mass is 11.0. The second-order valence-corrected chi connectivity index (χ2v) is 1.84. The molecule has 1 rings (SSSR count). The molecule has 14 heteroatoms. The summed E-state index contributed by atoms with van der Waals surface area (Å²) in [5.74, 6) is -0.882. The Bertz CT molecular complexity index is 519. The van der Waals surface area contributed by atoms with E-state index >= 15 is 0 Å². The van der Waals surface area contributed by atoms with Crippen LogP contribution >= 0.6 is 0 Å². The zero-order valence-corrected chi connectivity index (χ0v) is 7.26. The minimum atomic E-state index is -0.577. The predicted octanol–water partition coefficient (Wildman–Crippen LogP) is 1.35. The summed E-state index contributed by atoms with van der Waals surface area (Å²) >= 11 is 0. The molecule has 1 aromatic rings. The molecule has 0 aliphatic rings. The fraction of sp³-hybridized carbons (Fsp3) is 0. The molecular formula is C2N14. The molecule has 0 aromatic carbocycles. The number of guanidine groups is 1. The Morgan fingerprint density at radius 3 is 2.38 bits per heavy atom. The molecule has 0 bridgehead atoms. The number of tetrazole rings is 1. The molecule has 78 valence electrons. The van der Waals surface area contributed by atoms with E-state index in [1.165, 1.54) is 0 Å². The van der Waals surface area contributed by atoms with Crippen LogP contribution in [-0.2, 0) is 0 Å². The van der Waals surface area contributed by atoms with Gasteiger partial charge in [-0.05, 0) is 42.4 Å². The van der Waals surface area contributed by atoms with Gasteiger partial charge in [0.05, 0.1) is 0 Å². The average molecular weight is 220 g/mol. The van der Waals surface area contributed by atoms with Crippen LogP contribution in [0.1, 0.15) is 0 Å². The normalized spacial score (nSPS) is 8.00. The van der Waals surface area contributed by atoms with E-state index in [0.29, 0.717) is 4.79 Å². The Morgan fingerprint density at radius 1 is 1.12 bits per heavy atom. The lowest BCUT2D eigenvalue weighted by Crippen LogP contribution is -1.96. The first-order valence-corrected chi connectivity index (χ1v) is 3.34. The number of hydrogen-bond acceptors (Lipinski definition) is 5. The van der Waals surface area contributed by atoms with Gasteiger partial charge in [-0.25, -0.2) is 0 Å². The highest BCUT2D eigenvalue weighted by atomic mass is 15.7. The first kappa shape index (κ1) is 10.7. The molecule has 0 amide bonds. The molecule has 16 heavy (non-hydrogen) atoms. The van der Waals surface area contributed by atoms with Gasteiger partial charge in [-0.1, -0.05) is 0 Å². The van der Waals surface area contributed by atoms with E-state index < -0.39 is 5.96 Å². The summed E-state index contributed by atoms with van der Waals surface area (Å²) < 4.78 is 0. The van der Waals surface area contributed by atoms with Crippen molar-refractivity contribution in [1.82, 2.24) is 20.3 Å². The number of hydrogen-bond donors (Lipinski definition) is 0. The van der Waals surface area contributed by atoms with Crippen molar-refractivity contribution in [3.8, 4) is 0 Å². The molecule has 0 spiro atoms. The zero-order chi connectivity index (χ0) is 11.8. The highest BCUT2D eigenvalue weighted by Gasteiger charge is 2.02. The van der Waals surface area contributed by atoms with Crippen LogP contribution in [0.15, 0.2) is 20.4 Å². The summed E-state index contributed by atoms with van der Waals surface area (Å²) in [6.07, 6.45) is 0. The van der Waals surface area contributed by atoms with Gasteiger partial charge < -0.3 is 0 Å². The maximum absolute atomic E-state index is 8.14. The lowest BCUT2D eigenvalue weighted by molar-refractivity contribution is 0.689. The minimum Gasteiger partial charge on any atom is -0.143 e. The van der Waals surface area contributed by atoms with Crippen molar-refractivity contribution in [2.45, 2.75) is 0 Å². The van der Waals surface area contributed by atoms with Crippen LogP contribution in [0.2, 0.25) is 0 Å². The van der Waals surface area contributed by atoms with Crippen LogP contribution in [-0.4, -0.2) is 26.3 Å². The topological polar surface area (TPSA) is 202 Å². The Labute approximate surface area is 85.0 Å². The summed E-state index contributed by atoms with van der Waals surface area (Å²) in [6, 6.07) is 0. The highest BCUT2D eigenvalue weighted by molar-refractivity contribution is 5.81. The van der Waals surface area contributed by atoms with E-state index in [4.69, 9.17) is 16.6 Å². The SMILES string of the molecule is [N-]=[N+]=NC(N=[N+]=[N-])=Nn1nnnc1N=[N+]=[N-]. The fourth-order valence-corrected chi connectivity index (χ4v) is 0.567. The number of azide groups is 2. The van der Waals surface area contributed by atoms with Gasteiger partial charge >= 0.3 is 0 Å². The first-order chi connectivity index (χ1) is 7.81. The fourth-order valence-electron chi connectivity index (χ4n) is 0.567. The molecule has 1 aromatic heterocycles. The standard InChI is InChI=1S/C2N14/c3-11-6-1(7-12-4)10-16-2(8-13-5)9-14-15-16. The summed E-state index contributed by atoms with van der Waals surface area (Å²) in [5.41, 5.74) is 24.4. The average Bonchev–Trinajstić information content (AvgIpc) is 2.67. The Balaban J connectivity index is 3.21. The lowest BCUT2D eigenvalue weighted by Gasteiger charge is -1.90. The van der Waals surface area contributed by atoms with Crippen molar-refractivity contribution < 1.29 is 0 Å². The molecule has 0 aliphatic carbocycles. The monoisotopic (exact) mass is 220 g/mol.